The highest BCUT2D eigenvalue weighted by Crippen LogP contribution is 2.26. The van der Waals surface area contributed by atoms with Gasteiger partial charge < -0.3 is 5.32 Å². The average molecular weight is 194 g/mol. The van der Waals surface area contributed by atoms with E-state index < -0.39 is 0 Å². The SMILES string of the molecule is CC1CC(NCc2cncc(F)c2)C1. The van der Waals surface area contributed by atoms with Crippen molar-refractivity contribution in [3.05, 3.63) is 29.8 Å². The van der Waals surface area contributed by atoms with Crippen molar-refractivity contribution < 1.29 is 4.39 Å². The van der Waals surface area contributed by atoms with E-state index >= 15 is 0 Å². The number of halogens is 1. The van der Waals surface area contributed by atoms with Crippen LogP contribution in [0.25, 0.3) is 0 Å². The summed E-state index contributed by atoms with van der Waals surface area (Å²) in [5.74, 6) is 0.587. The Morgan fingerprint density at radius 1 is 1.50 bits per heavy atom. The number of hydrogen-bond acceptors (Lipinski definition) is 2. The fourth-order valence-corrected chi connectivity index (χ4v) is 1.88. The van der Waals surface area contributed by atoms with E-state index in [0.717, 1.165) is 18.0 Å². The van der Waals surface area contributed by atoms with E-state index in [1.54, 1.807) is 6.20 Å². The summed E-state index contributed by atoms with van der Waals surface area (Å²) >= 11 is 0. The number of aromatic nitrogens is 1. The summed E-state index contributed by atoms with van der Waals surface area (Å²) in [6.07, 6.45) is 5.42. The molecule has 1 aliphatic carbocycles. The second-order valence-electron chi connectivity index (χ2n) is 4.17. The van der Waals surface area contributed by atoms with Crippen LogP contribution < -0.4 is 5.32 Å². The molecule has 1 aliphatic rings. The van der Waals surface area contributed by atoms with Gasteiger partial charge in [0, 0.05) is 18.8 Å². The fourth-order valence-electron chi connectivity index (χ4n) is 1.88. The quantitative estimate of drug-likeness (QED) is 0.797. The van der Waals surface area contributed by atoms with Gasteiger partial charge in [-0.1, -0.05) is 6.92 Å². The predicted octanol–water partition coefficient (Wildman–Crippen LogP) is 2.11. The van der Waals surface area contributed by atoms with Gasteiger partial charge in [0.1, 0.15) is 5.82 Å². The Labute approximate surface area is 83.6 Å². The Balaban J connectivity index is 1.80. The maximum Gasteiger partial charge on any atom is 0.141 e. The maximum absolute atomic E-state index is 12.8. The van der Waals surface area contributed by atoms with Crippen LogP contribution in [-0.2, 0) is 6.54 Å². The number of hydrogen-bond donors (Lipinski definition) is 1. The van der Waals surface area contributed by atoms with E-state index in [0.29, 0.717) is 6.04 Å². The zero-order valence-electron chi connectivity index (χ0n) is 8.33. The first-order valence-corrected chi connectivity index (χ1v) is 5.07. The first-order chi connectivity index (χ1) is 6.74. The fraction of sp³-hybridized carbons (Fsp3) is 0.545. The first-order valence-electron chi connectivity index (χ1n) is 5.07. The zero-order valence-corrected chi connectivity index (χ0v) is 8.33. The van der Waals surface area contributed by atoms with Gasteiger partial charge in [0.2, 0.25) is 0 Å². The van der Waals surface area contributed by atoms with Crippen LogP contribution in [0.5, 0.6) is 0 Å². The minimum atomic E-state index is -0.258. The molecule has 0 radical (unpaired) electrons. The van der Waals surface area contributed by atoms with Crippen molar-refractivity contribution in [1.82, 2.24) is 10.3 Å². The minimum absolute atomic E-state index is 0.258. The van der Waals surface area contributed by atoms with E-state index in [4.69, 9.17) is 0 Å². The molecule has 1 N–H and O–H groups in total. The Kier molecular flexibility index (Phi) is 2.77. The first kappa shape index (κ1) is 9.59. The Hall–Kier alpha value is -0.960. The molecular formula is C11H15FN2. The lowest BCUT2D eigenvalue weighted by atomic mass is 9.82. The predicted molar refractivity (Wildman–Crippen MR) is 53.2 cm³/mol. The molecule has 0 bridgehead atoms. The summed E-state index contributed by atoms with van der Waals surface area (Å²) in [5, 5.41) is 3.39. The van der Waals surface area contributed by atoms with Crippen molar-refractivity contribution in [2.45, 2.75) is 32.4 Å². The molecule has 1 aromatic heterocycles. The van der Waals surface area contributed by atoms with Crippen molar-refractivity contribution in [2.75, 3.05) is 0 Å². The van der Waals surface area contributed by atoms with Crippen LogP contribution in [0.4, 0.5) is 4.39 Å². The van der Waals surface area contributed by atoms with Gasteiger partial charge in [-0.3, -0.25) is 4.98 Å². The van der Waals surface area contributed by atoms with Crippen LogP contribution in [0.2, 0.25) is 0 Å². The third-order valence-corrected chi connectivity index (χ3v) is 2.73. The monoisotopic (exact) mass is 194 g/mol. The van der Waals surface area contributed by atoms with Crippen LogP contribution >= 0.6 is 0 Å². The molecule has 76 valence electrons. The molecule has 0 spiro atoms. The molecular weight excluding hydrogens is 179 g/mol. The van der Waals surface area contributed by atoms with Gasteiger partial charge in [0.25, 0.3) is 0 Å². The normalized spacial score (nSPS) is 25.9. The molecule has 2 nitrogen and oxygen atoms in total. The molecule has 0 atom stereocenters. The molecule has 2 rings (SSSR count). The Morgan fingerprint density at radius 3 is 2.93 bits per heavy atom. The molecule has 0 saturated heterocycles. The average Bonchev–Trinajstić information content (AvgIpc) is 2.11. The highest BCUT2D eigenvalue weighted by molar-refractivity contribution is 5.10. The smallest absolute Gasteiger partial charge is 0.141 e. The largest absolute Gasteiger partial charge is 0.310 e. The van der Waals surface area contributed by atoms with Crippen LogP contribution in [-0.4, -0.2) is 11.0 Å². The third-order valence-electron chi connectivity index (χ3n) is 2.73. The van der Waals surface area contributed by atoms with Crippen LogP contribution in [0.1, 0.15) is 25.3 Å². The summed E-state index contributed by atoms with van der Waals surface area (Å²) in [5.41, 5.74) is 0.921. The van der Waals surface area contributed by atoms with Crippen LogP contribution in [0.15, 0.2) is 18.5 Å². The van der Waals surface area contributed by atoms with Gasteiger partial charge >= 0.3 is 0 Å². The lowest BCUT2D eigenvalue weighted by Crippen LogP contribution is -2.39. The summed E-state index contributed by atoms with van der Waals surface area (Å²) in [6, 6.07) is 2.15. The minimum Gasteiger partial charge on any atom is -0.310 e. The number of pyridine rings is 1. The van der Waals surface area contributed by atoms with E-state index in [9.17, 15) is 4.39 Å². The number of nitrogens with zero attached hydrogens (tertiary/aromatic N) is 1. The highest BCUT2D eigenvalue weighted by Gasteiger charge is 2.24. The molecule has 1 aromatic rings. The lowest BCUT2D eigenvalue weighted by Gasteiger charge is -2.33. The van der Waals surface area contributed by atoms with E-state index in [2.05, 4.69) is 17.2 Å². The number of nitrogens with one attached hydrogen (secondary N) is 1. The molecule has 1 fully saturated rings. The standard InChI is InChI=1S/C11H15FN2/c1-8-2-11(3-8)14-6-9-4-10(12)7-13-5-9/h4-5,7-8,11,14H,2-3,6H2,1H3. The lowest BCUT2D eigenvalue weighted by molar-refractivity contribution is 0.240. The molecule has 0 unspecified atom stereocenters. The molecule has 0 amide bonds. The summed E-state index contributed by atoms with van der Waals surface area (Å²) in [6.45, 7) is 2.98. The van der Waals surface area contributed by atoms with E-state index in [1.165, 1.54) is 25.1 Å². The summed E-state index contributed by atoms with van der Waals surface area (Å²) in [4.78, 5) is 3.81. The highest BCUT2D eigenvalue weighted by atomic mass is 19.1. The van der Waals surface area contributed by atoms with Gasteiger partial charge in [-0.25, -0.2) is 4.39 Å². The van der Waals surface area contributed by atoms with E-state index in [1.807, 2.05) is 0 Å². The molecule has 1 heterocycles. The number of rotatable bonds is 3. The molecule has 1 saturated carbocycles. The van der Waals surface area contributed by atoms with Gasteiger partial charge in [-0.05, 0) is 30.4 Å². The summed E-state index contributed by atoms with van der Waals surface area (Å²) < 4.78 is 12.8. The molecule has 0 aromatic carbocycles. The topological polar surface area (TPSA) is 24.9 Å². The molecule has 0 aliphatic heterocycles. The summed E-state index contributed by atoms with van der Waals surface area (Å²) in [7, 11) is 0. The van der Waals surface area contributed by atoms with Gasteiger partial charge in [0.05, 0.1) is 6.20 Å². The Morgan fingerprint density at radius 2 is 2.29 bits per heavy atom. The van der Waals surface area contributed by atoms with Gasteiger partial charge in [-0.2, -0.15) is 0 Å². The second kappa shape index (κ2) is 4.05. The van der Waals surface area contributed by atoms with Crippen molar-refractivity contribution in [2.24, 2.45) is 5.92 Å². The van der Waals surface area contributed by atoms with Crippen molar-refractivity contribution >= 4 is 0 Å². The van der Waals surface area contributed by atoms with Crippen LogP contribution in [0, 0.1) is 11.7 Å². The van der Waals surface area contributed by atoms with E-state index in [-0.39, 0.29) is 5.82 Å². The van der Waals surface area contributed by atoms with Gasteiger partial charge in [-0.15, -0.1) is 0 Å². The second-order valence-corrected chi connectivity index (χ2v) is 4.17. The van der Waals surface area contributed by atoms with Gasteiger partial charge in [0.15, 0.2) is 0 Å². The Bertz CT molecular complexity index is 308. The van der Waals surface area contributed by atoms with Crippen molar-refractivity contribution in [1.29, 1.82) is 0 Å². The van der Waals surface area contributed by atoms with Crippen LogP contribution in [0.3, 0.4) is 0 Å². The molecule has 3 heteroatoms. The third kappa shape index (κ3) is 2.29. The molecule has 14 heavy (non-hydrogen) atoms. The zero-order chi connectivity index (χ0) is 9.97. The van der Waals surface area contributed by atoms with Crippen molar-refractivity contribution in [3.63, 3.8) is 0 Å². The van der Waals surface area contributed by atoms with Crippen molar-refractivity contribution in [3.8, 4) is 0 Å². The maximum atomic E-state index is 12.8.